The number of ether oxygens (including phenoxy) is 1. The summed E-state index contributed by atoms with van der Waals surface area (Å²) >= 11 is 0. The zero-order valence-electron chi connectivity index (χ0n) is 14.0. The lowest BCUT2D eigenvalue weighted by Gasteiger charge is -2.47. The molecule has 7 heteroatoms. The summed E-state index contributed by atoms with van der Waals surface area (Å²) in [5.74, 6) is 2.09. The first-order chi connectivity index (χ1) is 11.1. The number of aromatic nitrogens is 3. The molecule has 1 aromatic rings. The van der Waals surface area contributed by atoms with E-state index in [4.69, 9.17) is 4.74 Å². The standard InChI is InChI=1S/C16H25N5O2/c1-12-17-18-14-10-19(2)13(9-20(12)14)15(22)21-7-8-23-11-16(21)5-3-4-6-16/h13H,3-11H2,1-2H3. The molecule has 0 bridgehead atoms. The van der Waals surface area contributed by atoms with Crippen LogP contribution < -0.4 is 0 Å². The van der Waals surface area contributed by atoms with Crippen LogP contribution in [-0.2, 0) is 22.6 Å². The van der Waals surface area contributed by atoms with Gasteiger partial charge in [-0.2, -0.15) is 0 Å². The minimum atomic E-state index is -0.132. The highest BCUT2D eigenvalue weighted by Crippen LogP contribution is 2.38. The minimum absolute atomic E-state index is 0.0569. The maximum atomic E-state index is 13.3. The Morgan fingerprint density at radius 3 is 2.87 bits per heavy atom. The highest BCUT2D eigenvalue weighted by molar-refractivity contribution is 5.83. The number of carbonyl (C=O) groups excluding carboxylic acids is 1. The first-order valence-electron chi connectivity index (χ1n) is 8.59. The Hall–Kier alpha value is -1.47. The molecule has 23 heavy (non-hydrogen) atoms. The zero-order valence-corrected chi connectivity index (χ0v) is 14.0. The molecule has 3 aliphatic rings. The van der Waals surface area contributed by atoms with Gasteiger partial charge in [-0.1, -0.05) is 12.8 Å². The Balaban J connectivity index is 1.59. The molecule has 1 saturated heterocycles. The largest absolute Gasteiger partial charge is 0.377 e. The van der Waals surface area contributed by atoms with Crippen molar-refractivity contribution >= 4 is 5.91 Å². The van der Waals surface area contributed by atoms with Crippen LogP contribution in [0.15, 0.2) is 0 Å². The Bertz CT molecular complexity index is 608. The predicted octanol–water partition coefficient (Wildman–Crippen LogP) is 0.572. The summed E-state index contributed by atoms with van der Waals surface area (Å²) in [4.78, 5) is 17.6. The highest BCUT2D eigenvalue weighted by Gasteiger charge is 2.47. The fourth-order valence-corrected chi connectivity index (χ4v) is 4.40. The summed E-state index contributed by atoms with van der Waals surface area (Å²) in [6.07, 6.45) is 4.54. The summed E-state index contributed by atoms with van der Waals surface area (Å²) in [6, 6.07) is -0.132. The van der Waals surface area contributed by atoms with Crippen LogP contribution in [0.2, 0.25) is 0 Å². The monoisotopic (exact) mass is 319 g/mol. The zero-order chi connectivity index (χ0) is 16.0. The quantitative estimate of drug-likeness (QED) is 0.757. The van der Waals surface area contributed by atoms with Crippen molar-refractivity contribution in [2.75, 3.05) is 26.8 Å². The topological polar surface area (TPSA) is 63.5 Å². The molecule has 0 aromatic carbocycles. The molecule has 2 fully saturated rings. The van der Waals surface area contributed by atoms with Crippen LogP contribution in [0.5, 0.6) is 0 Å². The van der Waals surface area contributed by atoms with Gasteiger partial charge in [0.1, 0.15) is 17.7 Å². The number of amides is 1. The Labute approximate surface area is 136 Å². The first kappa shape index (κ1) is 15.1. The molecule has 1 saturated carbocycles. The van der Waals surface area contributed by atoms with E-state index >= 15 is 0 Å². The van der Waals surface area contributed by atoms with E-state index in [0.29, 0.717) is 26.3 Å². The molecule has 3 heterocycles. The smallest absolute Gasteiger partial charge is 0.242 e. The number of hydrogen-bond donors (Lipinski definition) is 0. The second-order valence-corrected chi connectivity index (χ2v) is 7.18. The molecule has 4 rings (SSSR count). The number of aryl methyl sites for hydroxylation is 1. The summed E-state index contributed by atoms with van der Waals surface area (Å²) in [5, 5.41) is 8.36. The van der Waals surface area contributed by atoms with Crippen molar-refractivity contribution in [2.45, 2.75) is 57.3 Å². The molecule has 1 atom stereocenters. The summed E-state index contributed by atoms with van der Waals surface area (Å²) in [6.45, 7) is 5.35. The molecule has 0 N–H and O–H groups in total. The van der Waals surface area contributed by atoms with E-state index in [-0.39, 0.29) is 17.5 Å². The third-order valence-electron chi connectivity index (χ3n) is 5.78. The molecular formula is C16H25N5O2. The van der Waals surface area contributed by atoms with Crippen LogP contribution in [-0.4, -0.2) is 68.9 Å². The van der Waals surface area contributed by atoms with Crippen molar-refractivity contribution in [1.29, 1.82) is 0 Å². The minimum Gasteiger partial charge on any atom is -0.377 e. The second kappa shape index (κ2) is 5.56. The molecule has 126 valence electrons. The van der Waals surface area contributed by atoms with Gasteiger partial charge in [0.05, 0.1) is 31.8 Å². The van der Waals surface area contributed by atoms with Crippen LogP contribution in [0, 0.1) is 6.92 Å². The van der Waals surface area contributed by atoms with Crippen molar-refractivity contribution in [3.05, 3.63) is 11.6 Å². The first-order valence-corrected chi connectivity index (χ1v) is 8.59. The van der Waals surface area contributed by atoms with Gasteiger partial charge in [0.2, 0.25) is 5.91 Å². The third kappa shape index (κ3) is 2.37. The van der Waals surface area contributed by atoms with E-state index in [1.165, 1.54) is 12.8 Å². The Morgan fingerprint density at radius 1 is 1.30 bits per heavy atom. The molecule has 1 aliphatic carbocycles. The number of rotatable bonds is 1. The fourth-order valence-electron chi connectivity index (χ4n) is 4.40. The van der Waals surface area contributed by atoms with Gasteiger partial charge in [-0.3, -0.25) is 9.69 Å². The van der Waals surface area contributed by atoms with Crippen molar-refractivity contribution < 1.29 is 9.53 Å². The molecule has 1 spiro atoms. The van der Waals surface area contributed by atoms with E-state index in [2.05, 4.69) is 24.6 Å². The van der Waals surface area contributed by atoms with E-state index in [9.17, 15) is 4.79 Å². The predicted molar refractivity (Wildman–Crippen MR) is 83.7 cm³/mol. The molecule has 2 aliphatic heterocycles. The van der Waals surface area contributed by atoms with Crippen molar-refractivity contribution in [3.63, 3.8) is 0 Å². The van der Waals surface area contributed by atoms with E-state index in [1.54, 1.807) is 0 Å². The summed E-state index contributed by atoms with van der Waals surface area (Å²) in [5.41, 5.74) is -0.0569. The lowest BCUT2D eigenvalue weighted by atomic mass is 9.93. The number of nitrogens with zero attached hydrogens (tertiary/aromatic N) is 5. The normalized spacial score (nSPS) is 27.4. The van der Waals surface area contributed by atoms with Gasteiger partial charge in [-0.15, -0.1) is 10.2 Å². The van der Waals surface area contributed by atoms with Gasteiger partial charge in [-0.25, -0.2) is 0 Å². The van der Waals surface area contributed by atoms with Crippen LogP contribution in [0.4, 0.5) is 0 Å². The lowest BCUT2D eigenvalue weighted by molar-refractivity contribution is -0.155. The number of fused-ring (bicyclic) bond motifs is 1. The van der Waals surface area contributed by atoms with Gasteiger partial charge in [-0.05, 0) is 26.8 Å². The van der Waals surface area contributed by atoms with Crippen molar-refractivity contribution in [2.24, 2.45) is 0 Å². The van der Waals surface area contributed by atoms with Crippen molar-refractivity contribution in [3.8, 4) is 0 Å². The van der Waals surface area contributed by atoms with E-state index in [0.717, 1.165) is 31.0 Å². The second-order valence-electron chi connectivity index (χ2n) is 7.18. The molecule has 1 amide bonds. The number of hydrogen-bond acceptors (Lipinski definition) is 5. The summed E-state index contributed by atoms with van der Waals surface area (Å²) < 4.78 is 7.82. The Kier molecular flexibility index (Phi) is 3.65. The van der Waals surface area contributed by atoms with E-state index in [1.807, 2.05) is 14.0 Å². The molecular weight excluding hydrogens is 294 g/mol. The summed E-state index contributed by atoms with van der Waals surface area (Å²) in [7, 11) is 2.01. The maximum Gasteiger partial charge on any atom is 0.242 e. The van der Waals surface area contributed by atoms with Crippen LogP contribution >= 0.6 is 0 Å². The molecule has 7 nitrogen and oxygen atoms in total. The fraction of sp³-hybridized carbons (Fsp3) is 0.812. The SMILES string of the molecule is Cc1nnc2n1CC(C(=O)N1CCOCC13CCCC3)N(C)C2. The van der Waals surface area contributed by atoms with Gasteiger partial charge < -0.3 is 14.2 Å². The van der Waals surface area contributed by atoms with Gasteiger partial charge >= 0.3 is 0 Å². The van der Waals surface area contributed by atoms with Crippen LogP contribution in [0.3, 0.4) is 0 Å². The van der Waals surface area contributed by atoms with Gasteiger partial charge in [0.15, 0.2) is 0 Å². The molecule has 0 radical (unpaired) electrons. The number of likely N-dealkylation sites (N-methyl/N-ethyl adjacent to an activating group) is 1. The van der Waals surface area contributed by atoms with Crippen molar-refractivity contribution in [1.82, 2.24) is 24.6 Å². The van der Waals surface area contributed by atoms with Crippen LogP contribution in [0.25, 0.3) is 0 Å². The van der Waals surface area contributed by atoms with Gasteiger partial charge in [0.25, 0.3) is 0 Å². The molecule has 1 unspecified atom stereocenters. The maximum absolute atomic E-state index is 13.3. The Morgan fingerprint density at radius 2 is 2.09 bits per heavy atom. The lowest BCUT2D eigenvalue weighted by Crippen LogP contribution is -2.62. The number of carbonyl (C=O) groups is 1. The highest BCUT2D eigenvalue weighted by atomic mass is 16.5. The van der Waals surface area contributed by atoms with E-state index < -0.39 is 0 Å². The average Bonchev–Trinajstić information content (AvgIpc) is 3.14. The number of morpholine rings is 1. The average molecular weight is 319 g/mol. The third-order valence-corrected chi connectivity index (χ3v) is 5.78. The van der Waals surface area contributed by atoms with Gasteiger partial charge in [0, 0.05) is 6.54 Å². The van der Waals surface area contributed by atoms with Crippen LogP contribution in [0.1, 0.15) is 37.3 Å². The molecule has 1 aromatic heterocycles.